The molecule has 1 aliphatic carbocycles. The van der Waals surface area contributed by atoms with Gasteiger partial charge >= 0.3 is 0 Å². The van der Waals surface area contributed by atoms with E-state index in [9.17, 15) is 0 Å². The quantitative estimate of drug-likeness (QED) is 0.842. The largest absolute Gasteiger partial charge is 0.326 e. The van der Waals surface area contributed by atoms with Crippen molar-refractivity contribution < 1.29 is 0 Å². The number of hydrogen-bond donors (Lipinski definition) is 1. The Kier molecular flexibility index (Phi) is 5.00. The molecule has 1 atom stereocenters. The fourth-order valence-electron chi connectivity index (χ4n) is 3.55. The highest BCUT2D eigenvalue weighted by Crippen LogP contribution is 2.34. The number of rotatable bonds is 4. The Balaban J connectivity index is 2.13. The maximum absolute atomic E-state index is 6.64. The number of nitrogens with two attached hydrogens (primary N) is 1. The fourth-order valence-corrected chi connectivity index (χ4v) is 3.55. The highest BCUT2D eigenvalue weighted by atomic mass is 15.2. The van der Waals surface area contributed by atoms with Gasteiger partial charge in [-0.3, -0.25) is 0 Å². The Bertz CT molecular complexity index is 364. The van der Waals surface area contributed by atoms with E-state index < -0.39 is 0 Å². The smallest absolute Gasteiger partial charge is 0.0357 e. The Morgan fingerprint density at radius 2 is 1.63 bits per heavy atom. The normalized spacial score (nSPS) is 21.1. The Morgan fingerprint density at radius 3 is 2.16 bits per heavy atom. The zero-order chi connectivity index (χ0) is 13.7. The van der Waals surface area contributed by atoms with E-state index in [2.05, 4.69) is 49.3 Å². The number of likely N-dealkylation sites (N-methyl/N-ethyl adjacent to an activating group) is 1. The van der Waals surface area contributed by atoms with Gasteiger partial charge in [0.25, 0.3) is 0 Å². The predicted octanol–water partition coefficient (Wildman–Crippen LogP) is 3.21. The van der Waals surface area contributed by atoms with Crippen LogP contribution in [0.2, 0.25) is 0 Å². The molecule has 106 valence electrons. The summed E-state index contributed by atoms with van der Waals surface area (Å²) < 4.78 is 0. The summed E-state index contributed by atoms with van der Waals surface area (Å²) in [6.07, 6.45) is 8.85. The van der Waals surface area contributed by atoms with Gasteiger partial charge < -0.3 is 10.6 Å². The van der Waals surface area contributed by atoms with Crippen LogP contribution in [0.25, 0.3) is 0 Å². The van der Waals surface area contributed by atoms with Crippen LogP contribution >= 0.6 is 0 Å². The molecule has 0 radical (unpaired) electrons. The topological polar surface area (TPSA) is 29.3 Å². The van der Waals surface area contributed by atoms with Crippen LogP contribution in [0.4, 0.5) is 0 Å². The highest BCUT2D eigenvalue weighted by Gasteiger charge is 2.38. The maximum Gasteiger partial charge on any atom is 0.0357 e. The van der Waals surface area contributed by atoms with Crippen LogP contribution in [0.1, 0.15) is 44.1 Å². The first-order chi connectivity index (χ1) is 9.15. The van der Waals surface area contributed by atoms with Crippen LogP contribution in [-0.4, -0.2) is 30.6 Å². The highest BCUT2D eigenvalue weighted by molar-refractivity contribution is 5.17. The summed E-state index contributed by atoms with van der Waals surface area (Å²) in [4.78, 5) is 2.39. The lowest BCUT2D eigenvalue weighted by Gasteiger charge is -2.44. The number of nitrogens with zero attached hydrogens (tertiary/aromatic N) is 1. The lowest BCUT2D eigenvalue weighted by atomic mass is 9.79. The molecule has 2 heteroatoms. The molecule has 0 aromatic heterocycles. The van der Waals surface area contributed by atoms with Crippen LogP contribution in [0, 0.1) is 0 Å². The summed E-state index contributed by atoms with van der Waals surface area (Å²) in [5.74, 6) is 0. The van der Waals surface area contributed by atoms with Crippen molar-refractivity contribution in [2.45, 2.75) is 56.5 Å². The molecular formula is C17H28N2. The van der Waals surface area contributed by atoms with Gasteiger partial charge in [-0.25, -0.2) is 0 Å². The molecule has 0 spiro atoms. The second kappa shape index (κ2) is 6.53. The molecule has 1 aromatic rings. The molecule has 1 aliphatic rings. The lowest BCUT2D eigenvalue weighted by Crippen LogP contribution is -2.58. The zero-order valence-corrected chi connectivity index (χ0v) is 12.4. The van der Waals surface area contributed by atoms with Crippen LogP contribution < -0.4 is 5.73 Å². The molecule has 0 saturated heterocycles. The summed E-state index contributed by atoms with van der Waals surface area (Å²) in [5, 5.41) is 0. The molecule has 2 N–H and O–H groups in total. The average Bonchev–Trinajstić information content (AvgIpc) is 2.66. The molecular weight excluding hydrogens is 232 g/mol. The molecule has 0 aliphatic heterocycles. The standard InChI is InChI=1S/C17H28N2/c1-19(2)17(12-8-3-4-9-13-17)16(18)14-15-10-6-5-7-11-15/h5-7,10-11,16H,3-4,8-9,12-14,18H2,1-2H3. The van der Waals surface area contributed by atoms with Gasteiger partial charge in [-0.15, -0.1) is 0 Å². The molecule has 0 heterocycles. The third-order valence-corrected chi connectivity index (χ3v) is 4.85. The first-order valence-corrected chi connectivity index (χ1v) is 7.62. The van der Waals surface area contributed by atoms with Crippen molar-refractivity contribution in [3.8, 4) is 0 Å². The molecule has 1 fully saturated rings. The van der Waals surface area contributed by atoms with E-state index in [1.807, 2.05) is 0 Å². The molecule has 19 heavy (non-hydrogen) atoms. The Morgan fingerprint density at radius 1 is 1.05 bits per heavy atom. The predicted molar refractivity (Wildman–Crippen MR) is 82.2 cm³/mol. The summed E-state index contributed by atoms with van der Waals surface area (Å²) in [6.45, 7) is 0. The van der Waals surface area contributed by atoms with E-state index >= 15 is 0 Å². The van der Waals surface area contributed by atoms with Gasteiger partial charge in [0.2, 0.25) is 0 Å². The van der Waals surface area contributed by atoms with Gasteiger partial charge in [-0.1, -0.05) is 56.0 Å². The minimum absolute atomic E-state index is 0.187. The molecule has 1 saturated carbocycles. The van der Waals surface area contributed by atoms with Gasteiger partial charge in [0.15, 0.2) is 0 Å². The van der Waals surface area contributed by atoms with Crippen molar-refractivity contribution in [3.63, 3.8) is 0 Å². The lowest BCUT2D eigenvalue weighted by molar-refractivity contribution is 0.0968. The van der Waals surface area contributed by atoms with Gasteiger partial charge in [-0.05, 0) is 38.9 Å². The summed E-state index contributed by atoms with van der Waals surface area (Å²) in [6, 6.07) is 10.9. The summed E-state index contributed by atoms with van der Waals surface area (Å²) in [5.41, 5.74) is 8.19. The van der Waals surface area contributed by atoms with Gasteiger partial charge in [0, 0.05) is 11.6 Å². The summed E-state index contributed by atoms with van der Waals surface area (Å²) >= 11 is 0. The zero-order valence-electron chi connectivity index (χ0n) is 12.4. The van der Waals surface area contributed by atoms with Crippen LogP contribution in [0.5, 0.6) is 0 Å². The third-order valence-electron chi connectivity index (χ3n) is 4.85. The Hall–Kier alpha value is -0.860. The van der Waals surface area contributed by atoms with E-state index in [1.54, 1.807) is 0 Å². The van der Waals surface area contributed by atoms with E-state index in [1.165, 1.54) is 44.1 Å². The number of hydrogen-bond acceptors (Lipinski definition) is 2. The molecule has 2 rings (SSSR count). The summed E-state index contributed by atoms with van der Waals surface area (Å²) in [7, 11) is 4.41. The maximum atomic E-state index is 6.64. The second-order valence-corrected chi connectivity index (χ2v) is 6.21. The second-order valence-electron chi connectivity index (χ2n) is 6.21. The van der Waals surface area contributed by atoms with Crippen LogP contribution in [0.3, 0.4) is 0 Å². The van der Waals surface area contributed by atoms with E-state index in [-0.39, 0.29) is 11.6 Å². The average molecular weight is 260 g/mol. The third kappa shape index (κ3) is 3.37. The molecule has 1 aromatic carbocycles. The van der Waals surface area contributed by atoms with E-state index in [0.29, 0.717) is 0 Å². The Labute approximate surface area is 118 Å². The van der Waals surface area contributed by atoms with Gasteiger partial charge in [-0.2, -0.15) is 0 Å². The van der Waals surface area contributed by atoms with Crippen molar-refractivity contribution in [3.05, 3.63) is 35.9 Å². The van der Waals surface area contributed by atoms with E-state index in [4.69, 9.17) is 5.73 Å². The molecule has 1 unspecified atom stereocenters. The SMILES string of the molecule is CN(C)C1(C(N)Cc2ccccc2)CCCCCC1. The van der Waals surface area contributed by atoms with Crippen molar-refractivity contribution in [2.75, 3.05) is 14.1 Å². The fraction of sp³-hybridized carbons (Fsp3) is 0.647. The molecule has 0 amide bonds. The monoisotopic (exact) mass is 260 g/mol. The van der Waals surface area contributed by atoms with Gasteiger partial charge in [0.05, 0.1) is 0 Å². The van der Waals surface area contributed by atoms with Crippen molar-refractivity contribution in [1.82, 2.24) is 4.90 Å². The van der Waals surface area contributed by atoms with Crippen LogP contribution in [0.15, 0.2) is 30.3 Å². The van der Waals surface area contributed by atoms with Crippen molar-refractivity contribution in [1.29, 1.82) is 0 Å². The van der Waals surface area contributed by atoms with E-state index in [0.717, 1.165) is 6.42 Å². The molecule has 0 bridgehead atoms. The van der Waals surface area contributed by atoms with Gasteiger partial charge in [0.1, 0.15) is 0 Å². The minimum Gasteiger partial charge on any atom is -0.326 e. The minimum atomic E-state index is 0.187. The molecule has 2 nitrogen and oxygen atoms in total. The number of benzene rings is 1. The van der Waals surface area contributed by atoms with Crippen molar-refractivity contribution in [2.24, 2.45) is 5.73 Å². The first kappa shape index (κ1) is 14.5. The first-order valence-electron chi connectivity index (χ1n) is 7.62. The van der Waals surface area contributed by atoms with Crippen LogP contribution in [-0.2, 0) is 6.42 Å². The van der Waals surface area contributed by atoms with Crippen molar-refractivity contribution >= 4 is 0 Å².